The summed E-state index contributed by atoms with van der Waals surface area (Å²) in [6, 6.07) is 13.5. The number of aromatic nitrogens is 2. The summed E-state index contributed by atoms with van der Waals surface area (Å²) < 4.78 is 0.998. The zero-order chi connectivity index (χ0) is 17.8. The zero-order valence-corrected chi connectivity index (χ0v) is 15.5. The van der Waals surface area contributed by atoms with Gasteiger partial charge in [0, 0.05) is 28.2 Å². The first-order valence-corrected chi connectivity index (χ1v) is 8.54. The lowest BCUT2D eigenvalue weighted by molar-refractivity contribution is 0.102. The van der Waals surface area contributed by atoms with Crippen LogP contribution in [0.4, 0.5) is 17.3 Å². The number of carbonyl (C=O) groups excluding carboxylic acids is 1. The van der Waals surface area contributed by atoms with Crippen LogP contribution >= 0.6 is 15.9 Å². The number of amides is 1. The van der Waals surface area contributed by atoms with Gasteiger partial charge in [0.25, 0.3) is 5.91 Å². The first-order chi connectivity index (χ1) is 12.0. The average Bonchev–Trinajstić information content (AvgIpc) is 2.61. The van der Waals surface area contributed by atoms with Crippen LogP contribution in [-0.2, 0) is 0 Å². The van der Waals surface area contributed by atoms with Crippen LogP contribution in [0.25, 0.3) is 0 Å². The lowest BCUT2D eigenvalue weighted by atomic mass is 10.1. The van der Waals surface area contributed by atoms with E-state index >= 15 is 0 Å². The molecule has 0 atom stereocenters. The summed E-state index contributed by atoms with van der Waals surface area (Å²) in [6.45, 7) is 3.99. The van der Waals surface area contributed by atoms with Crippen molar-refractivity contribution in [3.63, 3.8) is 0 Å². The highest BCUT2D eigenvalue weighted by molar-refractivity contribution is 9.10. The Kier molecular flexibility index (Phi) is 5.09. The molecule has 0 bridgehead atoms. The molecule has 0 saturated carbocycles. The number of anilines is 3. The molecular formula is C19H17BrN4O. The number of halogens is 1. The molecule has 0 unspecified atom stereocenters. The second-order valence-corrected chi connectivity index (χ2v) is 6.54. The minimum Gasteiger partial charge on any atom is -0.324 e. The summed E-state index contributed by atoms with van der Waals surface area (Å²) in [7, 11) is 0. The minimum absolute atomic E-state index is 0.233. The number of benzene rings is 2. The molecule has 1 amide bonds. The summed E-state index contributed by atoms with van der Waals surface area (Å²) in [5, 5.41) is 5.99. The SMILES string of the molecule is Cc1cccc(NC(=O)c2cnc(Nc3ccc(Br)cc3)nc2)c1C. The van der Waals surface area contributed by atoms with E-state index in [4.69, 9.17) is 0 Å². The maximum Gasteiger partial charge on any atom is 0.258 e. The normalized spacial score (nSPS) is 10.4. The molecule has 6 heteroatoms. The second-order valence-electron chi connectivity index (χ2n) is 5.63. The Labute approximate surface area is 154 Å². The number of hydrogen-bond acceptors (Lipinski definition) is 4. The molecule has 2 N–H and O–H groups in total. The third kappa shape index (κ3) is 4.22. The first-order valence-electron chi connectivity index (χ1n) is 7.75. The predicted molar refractivity (Wildman–Crippen MR) is 103 cm³/mol. The highest BCUT2D eigenvalue weighted by atomic mass is 79.9. The van der Waals surface area contributed by atoms with Crippen LogP contribution in [0.3, 0.4) is 0 Å². The van der Waals surface area contributed by atoms with Crippen molar-refractivity contribution < 1.29 is 4.79 Å². The van der Waals surface area contributed by atoms with Crippen molar-refractivity contribution in [3.8, 4) is 0 Å². The summed E-state index contributed by atoms with van der Waals surface area (Å²) in [4.78, 5) is 20.8. The van der Waals surface area contributed by atoms with E-state index < -0.39 is 0 Å². The zero-order valence-electron chi connectivity index (χ0n) is 13.9. The molecule has 0 aliphatic carbocycles. The van der Waals surface area contributed by atoms with Gasteiger partial charge in [-0.1, -0.05) is 28.1 Å². The van der Waals surface area contributed by atoms with Gasteiger partial charge < -0.3 is 10.6 Å². The average molecular weight is 397 g/mol. The summed E-state index contributed by atoms with van der Waals surface area (Å²) in [5.41, 5.74) is 4.24. The molecule has 0 saturated heterocycles. The van der Waals surface area contributed by atoms with Crippen LogP contribution in [0.2, 0.25) is 0 Å². The van der Waals surface area contributed by atoms with Crippen molar-refractivity contribution in [1.29, 1.82) is 0 Å². The highest BCUT2D eigenvalue weighted by Crippen LogP contribution is 2.19. The fourth-order valence-electron chi connectivity index (χ4n) is 2.25. The first kappa shape index (κ1) is 17.1. The Bertz CT molecular complexity index is 892. The standard InChI is InChI=1S/C19H17BrN4O/c1-12-4-3-5-17(13(12)2)24-18(25)14-10-21-19(22-11-14)23-16-8-6-15(20)7-9-16/h3-11H,1-2H3,(H,24,25)(H,21,22,23). The van der Waals surface area contributed by atoms with Gasteiger partial charge in [0.2, 0.25) is 5.95 Å². The molecule has 3 rings (SSSR count). The molecule has 0 radical (unpaired) electrons. The van der Waals surface area contributed by atoms with Gasteiger partial charge in [0.05, 0.1) is 5.56 Å². The van der Waals surface area contributed by atoms with Gasteiger partial charge in [-0.15, -0.1) is 0 Å². The number of rotatable bonds is 4. The maximum absolute atomic E-state index is 12.4. The van der Waals surface area contributed by atoms with E-state index in [0.717, 1.165) is 27.0 Å². The number of hydrogen-bond donors (Lipinski definition) is 2. The fraction of sp³-hybridized carbons (Fsp3) is 0.105. The quantitative estimate of drug-likeness (QED) is 0.661. The van der Waals surface area contributed by atoms with E-state index in [9.17, 15) is 4.79 Å². The van der Waals surface area contributed by atoms with E-state index in [2.05, 4.69) is 36.5 Å². The predicted octanol–water partition coefficient (Wildman–Crippen LogP) is 4.85. The Hall–Kier alpha value is -2.73. The lowest BCUT2D eigenvalue weighted by Gasteiger charge is -2.10. The lowest BCUT2D eigenvalue weighted by Crippen LogP contribution is -2.14. The van der Waals surface area contributed by atoms with Crippen molar-refractivity contribution in [3.05, 3.63) is 76.0 Å². The second kappa shape index (κ2) is 7.44. The van der Waals surface area contributed by atoms with Crippen LogP contribution in [0.15, 0.2) is 59.3 Å². The van der Waals surface area contributed by atoms with Gasteiger partial charge in [-0.2, -0.15) is 0 Å². The smallest absolute Gasteiger partial charge is 0.258 e. The molecule has 126 valence electrons. The van der Waals surface area contributed by atoms with Crippen molar-refractivity contribution in [2.75, 3.05) is 10.6 Å². The van der Waals surface area contributed by atoms with Crippen LogP contribution in [0.5, 0.6) is 0 Å². The molecule has 2 aromatic carbocycles. The molecule has 5 nitrogen and oxygen atoms in total. The Balaban J connectivity index is 1.70. The topological polar surface area (TPSA) is 66.9 Å². The number of nitrogens with one attached hydrogen (secondary N) is 2. The summed E-state index contributed by atoms with van der Waals surface area (Å²) >= 11 is 3.39. The molecule has 3 aromatic rings. The third-order valence-corrected chi connectivity index (χ3v) is 4.40. The van der Waals surface area contributed by atoms with E-state index in [0.29, 0.717) is 11.5 Å². The van der Waals surface area contributed by atoms with Crippen molar-refractivity contribution in [2.45, 2.75) is 13.8 Å². The van der Waals surface area contributed by atoms with Gasteiger partial charge in [0.15, 0.2) is 0 Å². The third-order valence-electron chi connectivity index (χ3n) is 3.87. The van der Waals surface area contributed by atoms with Gasteiger partial charge in [-0.05, 0) is 55.3 Å². The summed E-state index contributed by atoms with van der Waals surface area (Å²) in [5.74, 6) is 0.203. The fourth-order valence-corrected chi connectivity index (χ4v) is 2.52. The molecule has 0 fully saturated rings. The van der Waals surface area contributed by atoms with Crippen molar-refractivity contribution >= 4 is 39.2 Å². The molecule has 25 heavy (non-hydrogen) atoms. The van der Waals surface area contributed by atoms with Crippen LogP contribution in [-0.4, -0.2) is 15.9 Å². The number of aryl methyl sites for hydroxylation is 1. The van der Waals surface area contributed by atoms with Crippen LogP contribution in [0, 0.1) is 13.8 Å². The molecule has 1 heterocycles. The summed E-state index contributed by atoms with van der Waals surface area (Å²) in [6.07, 6.45) is 3.02. The molecule has 0 spiro atoms. The van der Waals surface area contributed by atoms with Crippen molar-refractivity contribution in [1.82, 2.24) is 9.97 Å². The largest absolute Gasteiger partial charge is 0.324 e. The van der Waals surface area contributed by atoms with E-state index in [-0.39, 0.29) is 5.91 Å². The van der Waals surface area contributed by atoms with Crippen molar-refractivity contribution in [2.24, 2.45) is 0 Å². The van der Waals surface area contributed by atoms with E-state index in [1.807, 2.05) is 56.3 Å². The van der Waals surface area contributed by atoms with E-state index in [1.54, 1.807) is 0 Å². The minimum atomic E-state index is -0.233. The Morgan fingerprint density at radius 3 is 2.36 bits per heavy atom. The highest BCUT2D eigenvalue weighted by Gasteiger charge is 2.10. The number of carbonyl (C=O) groups is 1. The Morgan fingerprint density at radius 2 is 1.68 bits per heavy atom. The molecular weight excluding hydrogens is 380 g/mol. The number of nitrogens with zero attached hydrogens (tertiary/aromatic N) is 2. The van der Waals surface area contributed by atoms with Crippen LogP contribution < -0.4 is 10.6 Å². The Morgan fingerprint density at radius 1 is 1.00 bits per heavy atom. The van der Waals surface area contributed by atoms with Gasteiger partial charge in [0.1, 0.15) is 0 Å². The maximum atomic E-state index is 12.4. The monoisotopic (exact) mass is 396 g/mol. The molecule has 0 aliphatic heterocycles. The molecule has 0 aliphatic rings. The van der Waals surface area contributed by atoms with Gasteiger partial charge in [-0.3, -0.25) is 4.79 Å². The van der Waals surface area contributed by atoms with Gasteiger partial charge in [-0.25, -0.2) is 9.97 Å². The van der Waals surface area contributed by atoms with E-state index in [1.165, 1.54) is 12.4 Å². The van der Waals surface area contributed by atoms with Crippen LogP contribution in [0.1, 0.15) is 21.5 Å². The molecule has 1 aromatic heterocycles. The van der Waals surface area contributed by atoms with Gasteiger partial charge >= 0.3 is 0 Å².